The summed E-state index contributed by atoms with van der Waals surface area (Å²) in [5.41, 5.74) is 0. The summed E-state index contributed by atoms with van der Waals surface area (Å²) in [6, 6.07) is 0. The number of aliphatic carboxylic acids is 1. The van der Waals surface area contributed by atoms with Crippen LogP contribution in [0.5, 0.6) is 0 Å². The quantitative estimate of drug-likeness (QED) is 0.355. The minimum absolute atomic E-state index is 0.207. The Morgan fingerprint density at radius 3 is 2.00 bits per heavy atom. The largest absolute Gasteiger partial charge is 0.479 e. The number of allylic oxidation sites excluding steroid dienone is 1. The van der Waals surface area contributed by atoms with Crippen LogP contribution >= 0.6 is 0 Å². The molecule has 21 heavy (non-hydrogen) atoms. The molecule has 0 amide bonds. The van der Waals surface area contributed by atoms with Crippen LogP contribution in [0, 0.1) is 0 Å². The fraction of sp³-hybridized carbons (Fsp3) is 0.824. The molecule has 1 unspecified atom stereocenters. The number of aliphatic hydroxyl groups is 1. The lowest BCUT2D eigenvalue weighted by Crippen LogP contribution is -2.17. The topological polar surface area (TPSA) is 66.8 Å². The number of carboxylic acid groups (broad SMARTS) is 1. The lowest BCUT2D eigenvalue weighted by molar-refractivity contribution is -0.146. The van der Waals surface area contributed by atoms with Crippen LogP contribution in [0.1, 0.15) is 70.6 Å². The Bertz CT molecular complexity index is 264. The highest BCUT2D eigenvalue weighted by molar-refractivity contribution is 5.72. The predicted octanol–water partition coefficient (Wildman–Crippen LogP) is 3.93. The number of hydrogen-bond acceptors (Lipinski definition) is 3. The van der Waals surface area contributed by atoms with Crippen LogP contribution in [-0.2, 0) is 9.53 Å². The zero-order chi connectivity index (χ0) is 15.8. The van der Waals surface area contributed by atoms with Gasteiger partial charge in [0.2, 0.25) is 0 Å². The zero-order valence-corrected chi connectivity index (χ0v) is 13.4. The van der Waals surface area contributed by atoms with Gasteiger partial charge in [0.25, 0.3) is 0 Å². The molecule has 0 aromatic rings. The standard InChI is InChI=1S/C17H32O4/c1-21-15-13-11-9-7-5-3-2-4-6-8-10-12-14-16(18)17(19)20/h10,12,16,18H,2-9,11,13-15H2,1H3,(H,19,20). The van der Waals surface area contributed by atoms with Gasteiger partial charge in [-0.05, 0) is 19.3 Å². The molecular weight excluding hydrogens is 268 g/mol. The van der Waals surface area contributed by atoms with Crippen LogP contribution in [0.25, 0.3) is 0 Å². The molecule has 0 aliphatic heterocycles. The highest BCUT2D eigenvalue weighted by Gasteiger charge is 2.09. The fourth-order valence-corrected chi connectivity index (χ4v) is 2.19. The Hall–Kier alpha value is -0.870. The fourth-order valence-electron chi connectivity index (χ4n) is 2.19. The average molecular weight is 300 g/mol. The number of carboxylic acids is 1. The molecule has 0 heterocycles. The molecule has 0 spiro atoms. The van der Waals surface area contributed by atoms with E-state index in [0.717, 1.165) is 19.4 Å². The van der Waals surface area contributed by atoms with Gasteiger partial charge in [-0.15, -0.1) is 0 Å². The lowest BCUT2D eigenvalue weighted by atomic mass is 10.1. The second-order valence-corrected chi connectivity index (χ2v) is 5.52. The third-order valence-electron chi connectivity index (χ3n) is 3.53. The molecule has 0 aliphatic carbocycles. The van der Waals surface area contributed by atoms with Crippen molar-refractivity contribution < 1.29 is 19.7 Å². The number of carbonyl (C=O) groups is 1. The van der Waals surface area contributed by atoms with Crippen LogP contribution in [0.3, 0.4) is 0 Å². The van der Waals surface area contributed by atoms with Gasteiger partial charge in [-0.1, -0.05) is 57.1 Å². The zero-order valence-electron chi connectivity index (χ0n) is 13.4. The first kappa shape index (κ1) is 20.1. The Kier molecular flexibility index (Phi) is 14.9. The molecule has 0 fully saturated rings. The van der Waals surface area contributed by atoms with E-state index in [-0.39, 0.29) is 6.42 Å². The van der Waals surface area contributed by atoms with Crippen molar-refractivity contribution in [2.45, 2.75) is 76.7 Å². The number of methoxy groups -OCH3 is 1. The Morgan fingerprint density at radius 2 is 1.48 bits per heavy atom. The van der Waals surface area contributed by atoms with Gasteiger partial charge in [0.15, 0.2) is 6.10 Å². The number of hydrogen-bond donors (Lipinski definition) is 2. The number of aliphatic hydroxyl groups excluding tert-OH is 1. The molecule has 0 rings (SSSR count). The summed E-state index contributed by atoms with van der Waals surface area (Å²) in [4.78, 5) is 10.4. The van der Waals surface area contributed by atoms with Crippen LogP contribution in [-0.4, -0.2) is 36.0 Å². The van der Waals surface area contributed by atoms with E-state index in [0.29, 0.717) is 0 Å². The molecule has 4 nitrogen and oxygen atoms in total. The van der Waals surface area contributed by atoms with Crippen LogP contribution in [0.4, 0.5) is 0 Å². The van der Waals surface area contributed by atoms with E-state index in [1.165, 1.54) is 51.4 Å². The van der Waals surface area contributed by atoms with Crippen molar-refractivity contribution in [3.8, 4) is 0 Å². The molecule has 0 aromatic carbocycles. The van der Waals surface area contributed by atoms with Crippen molar-refractivity contribution in [1.82, 2.24) is 0 Å². The summed E-state index contributed by atoms with van der Waals surface area (Å²) in [7, 11) is 1.75. The smallest absolute Gasteiger partial charge is 0.332 e. The molecule has 2 N–H and O–H groups in total. The Labute approximate surface area is 129 Å². The molecule has 0 bridgehead atoms. The molecule has 0 saturated heterocycles. The van der Waals surface area contributed by atoms with E-state index >= 15 is 0 Å². The van der Waals surface area contributed by atoms with Crippen molar-refractivity contribution in [1.29, 1.82) is 0 Å². The second kappa shape index (κ2) is 15.5. The number of rotatable bonds is 15. The number of ether oxygens (including phenoxy) is 1. The third-order valence-corrected chi connectivity index (χ3v) is 3.53. The first-order chi connectivity index (χ1) is 10.2. The van der Waals surface area contributed by atoms with Gasteiger partial charge in [-0.2, -0.15) is 0 Å². The maximum atomic E-state index is 10.4. The Morgan fingerprint density at radius 1 is 0.952 bits per heavy atom. The minimum Gasteiger partial charge on any atom is -0.479 e. The van der Waals surface area contributed by atoms with Crippen LogP contribution < -0.4 is 0 Å². The second-order valence-electron chi connectivity index (χ2n) is 5.52. The summed E-state index contributed by atoms with van der Waals surface area (Å²) in [5.74, 6) is -1.15. The van der Waals surface area contributed by atoms with E-state index in [1.54, 1.807) is 13.2 Å². The summed E-state index contributed by atoms with van der Waals surface area (Å²) in [6.07, 6.45) is 15.1. The molecule has 0 radical (unpaired) electrons. The first-order valence-corrected chi connectivity index (χ1v) is 8.23. The predicted molar refractivity (Wildman–Crippen MR) is 85.4 cm³/mol. The van der Waals surface area contributed by atoms with E-state index in [4.69, 9.17) is 14.9 Å². The van der Waals surface area contributed by atoms with E-state index in [2.05, 4.69) is 0 Å². The van der Waals surface area contributed by atoms with Gasteiger partial charge in [0.1, 0.15) is 0 Å². The van der Waals surface area contributed by atoms with Crippen molar-refractivity contribution in [2.75, 3.05) is 13.7 Å². The lowest BCUT2D eigenvalue weighted by Gasteiger charge is -2.02. The third kappa shape index (κ3) is 15.3. The summed E-state index contributed by atoms with van der Waals surface area (Å²) in [5, 5.41) is 17.6. The molecule has 1 atom stereocenters. The molecule has 4 heteroatoms. The van der Waals surface area contributed by atoms with Crippen molar-refractivity contribution in [3.05, 3.63) is 12.2 Å². The maximum Gasteiger partial charge on any atom is 0.332 e. The van der Waals surface area contributed by atoms with Crippen LogP contribution in [0.2, 0.25) is 0 Å². The molecule has 124 valence electrons. The van der Waals surface area contributed by atoms with E-state index in [1.807, 2.05) is 6.08 Å². The van der Waals surface area contributed by atoms with E-state index < -0.39 is 12.1 Å². The van der Waals surface area contributed by atoms with Gasteiger partial charge < -0.3 is 14.9 Å². The first-order valence-electron chi connectivity index (χ1n) is 8.23. The molecular formula is C17H32O4. The van der Waals surface area contributed by atoms with Gasteiger partial charge in [0, 0.05) is 20.1 Å². The average Bonchev–Trinajstić information content (AvgIpc) is 2.47. The van der Waals surface area contributed by atoms with Crippen molar-refractivity contribution in [2.24, 2.45) is 0 Å². The van der Waals surface area contributed by atoms with Gasteiger partial charge >= 0.3 is 5.97 Å². The van der Waals surface area contributed by atoms with Gasteiger partial charge in [-0.25, -0.2) is 4.79 Å². The monoisotopic (exact) mass is 300 g/mol. The molecule has 0 saturated carbocycles. The highest BCUT2D eigenvalue weighted by Crippen LogP contribution is 2.11. The summed E-state index contributed by atoms with van der Waals surface area (Å²) >= 11 is 0. The van der Waals surface area contributed by atoms with Gasteiger partial charge in [0.05, 0.1) is 0 Å². The molecule has 0 aromatic heterocycles. The van der Waals surface area contributed by atoms with Crippen molar-refractivity contribution >= 4 is 5.97 Å². The maximum absolute atomic E-state index is 10.4. The van der Waals surface area contributed by atoms with E-state index in [9.17, 15) is 4.79 Å². The molecule has 0 aliphatic rings. The normalized spacial score (nSPS) is 12.9. The summed E-state index contributed by atoms with van der Waals surface area (Å²) < 4.78 is 5.02. The SMILES string of the molecule is COCCCCCCCCCCCC=CCC(O)C(=O)O. The summed E-state index contributed by atoms with van der Waals surface area (Å²) in [6.45, 7) is 0.886. The van der Waals surface area contributed by atoms with Crippen molar-refractivity contribution in [3.63, 3.8) is 0 Å². The number of unbranched alkanes of at least 4 members (excludes halogenated alkanes) is 9. The minimum atomic E-state index is -1.26. The van der Waals surface area contributed by atoms with Crippen LogP contribution in [0.15, 0.2) is 12.2 Å². The Balaban J connectivity index is 3.15. The van der Waals surface area contributed by atoms with Gasteiger partial charge in [-0.3, -0.25) is 0 Å². The highest BCUT2D eigenvalue weighted by atomic mass is 16.5.